The Morgan fingerprint density at radius 2 is 1.69 bits per heavy atom. The third kappa shape index (κ3) is 5.01. The largest absolute Gasteiger partial charge is 0.481 e. The summed E-state index contributed by atoms with van der Waals surface area (Å²) in [6, 6.07) is 8.67. The van der Waals surface area contributed by atoms with Gasteiger partial charge < -0.3 is 15.1 Å². The molecule has 2 aliphatic rings. The number of fused-ring (bicyclic) bond motifs is 3. The van der Waals surface area contributed by atoms with Crippen LogP contribution in [0.5, 0.6) is 0 Å². The van der Waals surface area contributed by atoms with Crippen LogP contribution in [0, 0.1) is 11.8 Å². The number of carboxylic acids is 2. The minimum atomic E-state index is -1.08. The number of likely N-dealkylation sites (N-methyl/N-ethyl adjacent to an activating group) is 1. The van der Waals surface area contributed by atoms with E-state index in [-0.39, 0.29) is 12.8 Å². The molecular formula is C23H28N2O4. The molecule has 2 bridgehead atoms. The Labute approximate surface area is 170 Å². The number of carbonyl (C=O) groups is 2. The average Bonchev–Trinajstić information content (AvgIpc) is 3.28. The van der Waals surface area contributed by atoms with Crippen LogP contribution in [0.15, 0.2) is 42.2 Å². The SMILES string of the molecule is CN(C)CC1=C(c2cncc3ccccc23)C2CCC1C2.O=C(O)CCC(=O)O. The molecule has 0 amide bonds. The van der Waals surface area contributed by atoms with Crippen molar-refractivity contribution in [2.75, 3.05) is 20.6 Å². The van der Waals surface area contributed by atoms with Gasteiger partial charge in [0.25, 0.3) is 0 Å². The third-order valence-electron chi connectivity index (χ3n) is 5.68. The lowest BCUT2D eigenvalue weighted by atomic mass is 9.86. The molecule has 2 N–H and O–H groups in total. The first-order chi connectivity index (χ1) is 13.9. The molecule has 0 aliphatic heterocycles. The summed E-state index contributed by atoms with van der Waals surface area (Å²) in [7, 11) is 4.36. The van der Waals surface area contributed by atoms with Crippen molar-refractivity contribution < 1.29 is 19.8 Å². The van der Waals surface area contributed by atoms with Gasteiger partial charge in [-0.05, 0) is 61.7 Å². The molecule has 154 valence electrons. The van der Waals surface area contributed by atoms with E-state index in [0.29, 0.717) is 0 Å². The van der Waals surface area contributed by atoms with E-state index in [1.807, 2.05) is 6.20 Å². The maximum absolute atomic E-state index is 9.64. The molecule has 0 spiro atoms. The molecule has 1 saturated carbocycles. The summed E-state index contributed by atoms with van der Waals surface area (Å²) in [5, 5.41) is 18.4. The Morgan fingerprint density at radius 3 is 2.34 bits per heavy atom. The van der Waals surface area contributed by atoms with Gasteiger partial charge in [-0.3, -0.25) is 14.6 Å². The molecule has 29 heavy (non-hydrogen) atoms. The number of nitrogens with zero attached hydrogens (tertiary/aromatic N) is 2. The predicted molar refractivity (Wildman–Crippen MR) is 113 cm³/mol. The van der Waals surface area contributed by atoms with Crippen LogP contribution in [0.1, 0.15) is 37.7 Å². The fourth-order valence-electron chi connectivity index (χ4n) is 4.54. The van der Waals surface area contributed by atoms with Crippen molar-refractivity contribution in [3.05, 3.63) is 47.8 Å². The molecule has 2 aliphatic carbocycles. The second kappa shape index (κ2) is 9.18. The van der Waals surface area contributed by atoms with Crippen LogP contribution in [-0.4, -0.2) is 52.7 Å². The average molecular weight is 396 g/mol. The lowest BCUT2D eigenvalue weighted by Gasteiger charge is -2.23. The van der Waals surface area contributed by atoms with Crippen LogP contribution in [0.4, 0.5) is 0 Å². The molecule has 2 atom stereocenters. The second-order valence-corrected chi connectivity index (χ2v) is 8.08. The fourth-order valence-corrected chi connectivity index (χ4v) is 4.54. The molecule has 6 heteroatoms. The predicted octanol–water partition coefficient (Wildman–Crippen LogP) is 3.92. The highest BCUT2D eigenvalue weighted by atomic mass is 16.4. The quantitative estimate of drug-likeness (QED) is 0.769. The van der Waals surface area contributed by atoms with Gasteiger partial charge in [-0.2, -0.15) is 0 Å². The summed E-state index contributed by atoms with van der Waals surface area (Å²) in [6.45, 7) is 1.10. The number of hydrogen-bond donors (Lipinski definition) is 2. The number of hydrogen-bond acceptors (Lipinski definition) is 4. The molecule has 1 fully saturated rings. The number of aromatic nitrogens is 1. The highest BCUT2D eigenvalue weighted by Gasteiger charge is 2.39. The number of aliphatic carboxylic acids is 2. The highest BCUT2D eigenvalue weighted by molar-refractivity contribution is 5.95. The van der Waals surface area contributed by atoms with E-state index in [1.165, 1.54) is 35.6 Å². The Balaban J connectivity index is 0.000000258. The van der Waals surface area contributed by atoms with E-state index in [2.05, 4.69) is 54.4 Å². The summed E-state index contributed by atoms with van der Waals surface area (Å²) in [5.41, 5.74) is 4.68. The molecule has 6 nitrogen and oxygen atoms in total. The smallest absolute Gasteiger partial charge is 0.303 e. The van der Waals surface area contributed by atoms with Crippen molar-refractivity contribution in [2.24, 2.45) is 11.8 Å². The van der Waals surface area contributed by atoms with Crippen molar-refractivity contribution in [3.8, 4) is 0 Å². The maximum Gasteiger partial charge on any atom is 0.303 e. The molecule has 0 saturated heterocycles. The van der Waals surface area contributed by atoms with Gasteiger partial charge in [0, 0.05) is 29.9 Å². The monoisotopic (exact) mass is 396 g/mol. The van der Waals surface area contributed by atoms with E-state index >= 15 is 0 Å². The minimum Gasteiger partial charge on any atom is -0.481 e. The number of pyridine rings is 1. The number of rotatable bonds is 6. The molecule has 4 rings (SSSR count). The standard InChI is InChI=1S/C19H22N2.C4H6O4/c1-21(2)12-18-13-7-8-14(9-13)19(18)17-11-20-10-15-5-3-4-6-16(15)17;5-3(6)1-2-4(7)8/h3-6,10-11,13-14H,7-9,12H2,1-2H3;1-2H2,(H,5,6)(H,7,8). The van der Waals surface area contributed by atoms with E-state index in [0.717, 1.165) is 18.4 Å². The van der Waals surface area contributed by atoms with Crippen molar-refractivity contribution in [2.45, 2.75) is 32.1 Å². The number of carboxylic acid groups (broad SMARTS) is 2. The van der Waals surface area contributed by atoms with E-state index < -0.39 is 11.9 Å². The van der Waals surface area contributed by atoms with Crippen LogP contribution in [0.25, 0.3) is 16.3 Å². The van der Waals surface area contributed by atoms with Gasteiger partial charge in [0.05, 0.1) is 12.8 Å². The highest BCUT2D eigenvalue weighted by Crippen LogP contribution is 2.53. The zero-order valence-electron chi connectivity index (χ0n) is 17.0. The summed E-state index contributed by atoms with van der Waals surface area (Å²) < 4.78 is 0. The molecular weight excluding hydrogens is 368 g/mol. The first-order valence-electron chi connectivity index (χ1n) is 10.0. The van der Waals surface area contributed by atoms with Gasteiger partial charge in [-0.25, -0.2) is 0 Å². The van der Waals surface area contributed by atoms with Gasteiger partial charge >= 0.3 is 11.9 Å². The van der Waals surface area contributed by atoms with Gasteiger partial charge in [0.15, 0.2) is 0 Å². The summed E-state index contributed by atoms with van der Waals surface area (Å²) >= 11 is 0. The van der Waals surface area contributed by atoms with Crippen LogP contribution in [0.3, 0.4) is 0 Å². The molecule has 2 unspecified atom stereocenters. The molecule has 2 aromatic rings. The zero-order valence-corrected chi connectivity index (χ0v) is 17.0. The second-order valence-electron chi connectivity index (χ2n) is 8.08. The summed E-state index contributed by atoms with van der Waals surface area (Å²) in [4.78, 5) is 26.1. The summed E-state index contributed by atoms with van der Waals surface area (Å²) in [6.07, 6.45) is 7.59. The first-order valence-corrected chi connectivity index (χ1v) is 10.0. The Kier molecular flexibility index (Phi) is 6.64. The minimum absolute atomic E-state index is 0.296. The number of benzene rings is 1. The number of allylic oxidation sites excluding steroid dienone is 1. The Bertz CT molecular complexity index is 916. The summed E-state index contributed by atoms with van der Waals surface area (Å²) in [5.74, 6) is -0.580. The normalized spacial score (nSPS) is 20.1. The lowest BCUT2D eigenvalue weighted by molar-refractivity contribution is -0.143. The zero-order chi connectivity index (χ0) is 21.0. The van der Waals surface area contributed by atoms with Crippen molar-refractivity contribution >= 4 is 28.3 Å². The third-order valence-corrected chi connectivity index (χ3v) is 5.68. The van der Waals surface area contributed by atoms with E-state index in [9.17, 15) is 9.59 Å². The van der Waals surface area contributed by atoms with Crippen molar-refractivity contribution in [1.82, 2.24) is 9.88 Å². The molecule has 1 aromatic carbocycles. The van der Waals surface area contributed by atoms with Crippen molar-refractivity contribution in [1.29, 1.82) is 0 Å². The van der Waals surface area contributed by atoms with E-state index in [4.69, 9.17) is 10.2 Å². The van der Waals surface area contributed by atoms with Crippen LogP contribution >= 0.6 is 0 Å². The van der Waals surface area contributed by atoms with Crippen LogP contribution < -0.4 is 0 Å². The fraction of sp³-hybridized carbons (Fsp3) is 0.435. The van der Waals surface area contributed by atoms with Crippen LogP contribution in [0.2, 0.25) is 0 Å². The van der Waals surface area contributed by atoms with Crippen LogP contribution in [-0.2, 0) is 9.59 Å². The molecule has 0 radical (unpaired) electrons. The van der Waals surface area contributed by atoms with E-state index in [1.54, 1.807) is 11.1 Å². The first kappa shape index (κ1) is 21.0. The lowest BCUT2D eigenvalue weighted by Crippen LogP contribution is -2.19. The van der Waals surface area contributed by atoms with Gasteiger partial charge in [-0.15, -0.1) is 0 Å². The maximum atomic E-state index is 9.64. The van der Waals surface area contributed by atoms with Gasteiger partial charge in [0.2, 0.25) is 0 Å². The molecule has 1 heterocycles. The Morgan fingerprint density at radius 1 is 1.03 bits per heavy atom. The van der Waals surface area contributed by atoms with Gasteiger partial charge in [-0.1, -0.05) is 24.3 Å². The topological polar surface area (TPSA) is 90.7 Å². The molecule has 1 aromatic heterocycles. The Hall–Kier alpha value is -2.73. The van der Waals surface area contributed by atoms with Crippen molar-refractivity contribution in [3.63, 3.8) is 0 Å². The van der Waals surface area contributed by atoms with Gasteiger partial charge in [0.1, 0.15) is 0 Å².